The van der Waals surface area contributed by atoms with Crippen LogP contribution >= 0.6 is 11.8 Å². The molecule has 1 heterocycles. The number of alkyl halides is 3. The summed E-state index contributed by atoms with van der Waals surface area (Å²) in [5.74, 6) is 1.34. The molecule has 0 saturated heterocycles. The molecule has 0 atom stereocenters. The van der Waals surface area contributed by atoms with Gasteiger partial charge < -0.3 is 9.64 Å². The first-order valence-corrected chi connectivity index (χ1v) is 9.31. The van der Waals surface area contributed by atoms with Gasteiger partial charge in [0.25, 0.3) is 0 Å². The number of nitrogens with zero attached hydrogens (tertiary/aromatic N) is 2. The maximum atomic E-state index is 12.5. The van der Waals surface area contributed by atoms with Crippen LogP contribution in [0.5, 0.6) is 5.75 Å². The van der Waals surface area contributed by atoms with Crippen molar-refractivity contribution in [3.63, 3.8) is 0 Å². The zero-order valence-corrected chi connectivity index (χ0v) is 15.9. The Hall–Kier alpha value is -2.22. The van der Waals surface area contributed by atoms with Crippen LogP contribution in [0.4, 0.5) is 13.2 Å². The van der Waals surface area contributed by atoms with Gasteiger partial charge in [-0.25, -0.2) is 4.98 Å². The van der Waals surface area contributed by atoms with Crippen LogP contribution in [0, 0.1) is 0 Å². The molecule has 0 aliphatic rings. The van der Waals surface area contributed by atoms with Crippen LogP contribution in [0.2, 0.25) is 0 Å². The SMILES string of the molecule is COc1ccccc1CN(C)C(=O)CCCSc1ccc(C(F)(F)F)cn1. The number of aromatic nitrogens is 1. The average Bonchev–Trinajstić information content (AvgIpc) is 2.65. The molecule has 0 unspecified atom stereocenters. The summed E-state index contributed by atoms with van der Waals surface area (Å²) in [6, 6.07) is 9.89. The van der Waals surface area contributed by atoms with E-state index in [-0.39, 0.29) is 5.91 Å². The fourth-order valence-electron chi connectivity index (χ4n) is 2.40. The highest BCUT2D eigenvalue weighted by molar-refractivity contribution is 7.99. The lowest BCUT2D eigenvalue weighted by Gasteiger charge is -2.18. The predicted molar refractivity (Wildman–Crippen MR) is 98.7 cm³/mol. The second-order valence-electron chi connectivity index (χ2n) is 5.90. The molecule has 0 saturated carbocycles. The van der Waals surface area contributed by atoms with Gasteiger partial charge in [-0.15, -0.1) is 11.8 Å². The van der Waals surface area contributed by atoms with Crippen LogP contribution in [-0.4, -0.2) is 35.7 Å². The van der Waals surface area contributed by atoms with E-state index in [0.717, 1.165) is 23.6 Å². The lowest BCUT2D eigenvalue weighted by Crippen LogP contribution is -2.26. The van der Waals surface area contributed by atoms with Gasteiger partial charge in [0.15, 0.2) is 0 Å². The van der Waals surface area contributed by atoms with Crippen molar-refractivity contribution >= 4 is 17.7 Å². The fraction of sp³-hybridized carbons (Fsp3) is 0.368. The van der Waals surface area contributed by atoms with Gasteiger partial charge in [-0.05, 0) is 30.4 Å². The van der Waals surface area contributed by atoms with Crippen LogP contribution in [0.3, 0.4) is 0 Å². The second-order valence-corrected chi connectivity index (χ2v) is 7.01. The average molecular weight is 398 g/mol. The number of halogens is 3. The van der Waals surface area contributed by atoms with Crippen molar-refractivity contribution in [3.05, 3.63) is 53.7 Å². The third kappa shape index (κ3) is 6.46. The van der Waals surface area contributed by atoms with Gasteiger partial charge in [0.1, 0.15) is 5.75 Å². The smallest absolute Gasteiger partial charge is 0.417 e. The van der Waals surface area contributed by atoms with Crippen molar-refractivity contribution in [1.29, 1.82) is 0 Å². The van der Waals surface area contributed by atoms with E-state index >= 15 is 0 Å². The number of carbonyl (C=O) groups excluding carboxylic acids is 1. The van der Waals surface area contributed by atoms with Crippen LogP contribution in [0.15, 0.2) is 47.6 Å². The highest BCUT2D eigenvalue weighted by Gasteiger charge is 2.30. The van der Waals surface area contributed by atoms with E-state index in [4.69, 9.17) is 4.74 Å². The van der Waals surface area contributed by atoms with Crippen molar-refractivity contribution in [1.82, 2.24) is 9.88 Å². The molecule has 0 aliphatic carbocycles. The van der Waals surface area contributed by atoms with Crippen molar-refractivity contribution in [2.75, 3.05) is 19.9 Å². The zero-order valence-electron chi connectivity index (χ0n) is 15.1. The van der Waals surface area contributed by atoms with E-state index in [2.05, 4.69) is 4.98 Å². The molecule has 1 aromatic heterocycles. The van der Waals surface area contributed by atoms with Gasteiger partial charge in [-0.2, -0.15) is 13.2 Å². The van der Waals surface area contributed by atoms with Gasteiger partial charge in [-0.3, -0.25) is 4.79 Å². The molecule has 0 spiro atoms. The molecule has 8 heteroatoms. The molecule has 0 aliphatic heterocycles. The lowest BCUT2D eigenvalue weighted by atomic mass is 10.2. The second kappa shape index (κ2) is 9.64. The Morgan fingerprint density at radius 2 is 1.96 bits per heavy atom. The normalized spacial score (nSPS) is 11.3. The topological polar surface area (TPSA) is 42.4 Å². The Balaban J connectivity index is 1.75. The van der Waals surface area contributed by atoms with Crippen molar-refractivity contribution < 1.29 is 22.7 Å². The summed E-state index contributed by atoms with van der Waals surface area (Å²) in [7, 11) is 3.33. The van der Waals surface area contributed by atoms with Crippen LogP contribution in [-0.2, 0) is 17.5 Å². The summed E-state index contributed by atoms with van der Waals surface area (Å²) in [5.41, 5.74) is 0.166. The molecule has 1 aromatic carbocycles. The number of benzene rings is 1. The number of amides is 1. The minimum absolute atomic E-state index is 0.00175. The van der Waals surface area contributed by atoms with E-state index in [1.807, 2.05) is 24.3 Å². The number of hydrogen-bond acceptors (Lipinski definition) is 4. The number of hydrogen-bond donors (Lipinski definition) is 0. The summed E-state index contributed by atoms with van der Waals surface area (Å²) < 4.78 is 42.8. The molecule has 1 amide bonds. The standard InChI is InChI=1S/C19H21F3N2O2S/c1-24(13-14-6-3-4-7-16(14)26-2)18(25)8-5-11-27-17-10-9-15(12-23-17)19(20,21)22/h3-4,6-7,9-10,12H,5,8,11,13H2,1-2H3. The fourth-order valence-corrected chi connectivity index (χ4v) is 3.19. The zero-order chi connectivity index (χ0) is 19.9. The summed E-state index contributed by atoms with van der Waals surface area (Å²) in [6.07, 6.45) is -2.58. The third-order valence-electron chi connectivity index (χ3n) is 3.87. The van der Waals surface area contributed by atoms with E-state index in [0.29, 0.717) is 30.2 Å². The molecule has 146 valence electrons. The highest BCUT2D eigenvalue weighted by Crippen LogP contribution is 2.29. The molecule has 0 fully saturated rings. The highest BCUT2D eigenvalue weighted by atomic mass is 32.2. The molecule has 2 rings (SSSR count). The predicted octanol–water partition coefficient (Wildman–Crippen LogP) is 4.64. The molecule has 4 nitrogen and oxygen atoms in total. The molecular weight excluding hydrogens is 377 g/mol. The van der Waals surface area contributed by atoms with Gasteiger partial charge in [0.2, 0.25) is 5.91 Å². The Kier molecular flexibility index (Phi) is 7.53. The first kappa shape index (κ1) is 21.1. The van der Waals surface area contributed by atoms with E-state index in [1.54, 1.807) is 19.1 Å². The summed E-state index contributed by atoms with van der Waals surface area (Å²) >= 11 is 1.33. The van der Waals surface area contributed by atoms with Crippen LogP contribution in [0.1, 0.15) is 24.0 Å². The third-order valence-corrected chi connectivity index (χ3v) is 4.90. The van der Waals surface area contributed by atoms with Gasteiger partial charge in [-0.1, -0.05) is 18.2 Å². The maximum Gasteiger partial charge on any atom is 0.417 e. The van der Waals surface area contributed by atoms with Crippen LogP contribution < -0.4 is 4.74 Å². The monoisotopic (exact) mass is 398 g/mol. The molecule has 0 N–H and O–H groups in total. The van der Waals surface area contributed by atoms with Gasteiger partial charge in [0, 0.05) is 31.8 Å². The first-order chi connectivity index (χ1) is 12.8. The molecule has 0 radical (unpaired) electrons. The molecular formula is C19H21F3N2O2S. The number of thioether (sulfide) groups is 1. The largest absolute Gasteiger partial charge is 0.496 e. The summed E-state index contributed by atoms with van der Waals surface area (Å²) in [6.45, 7) is 0.455. The summed E-state index contributed by atoms with van der Waals surface area (Å²) in [5, 5.41) is 0.512. The lowest BCUT2D eigenvalue weighted by molar-refractivity contribution is -0.138. The Labute approximate surface area is 160 Å². The number of methoxy groups -OCH3 is 1. The molecule has 27 heavy (non-hydrogen) atoms. The van der Waals surface area contributed by atoms with E-state index in [9.17, 15) is 18.0 Å². The van der Waals surface area contributed by atoms with Crippen molar-refractivity contribution in [3.8, 4) is 5.75 Å². The minimum atomic E-state index is -4.38. The van der Waals surface area contributed by atoms with Crippen LogP contribution in [0.25, 0.3) is 0 Å². The Bertz CT molecular complexity index is 751. The molecule has 0 bridgehead atoms. The summed E-state index contributed by atoms with van der Waals surface area (Å²) in [4.78, 5) is 17.7. The maximum absolute atomic E-state index is 12.5. The number of carbonyl (C=O) groups is 1. The van der Waals surface area contributed by atoms with Crippen molar-refractivity contribution in [2.45, 2.75) is 30.6 Å². The number of para-hydroxylation sites is 1. The number of pyridine rings is 1. The number of rotatable bonds is 8. The quantitative estimate of drug-likeness (QED) is 0.480. The first-order valence-electron chi connectivity index (χ1n) is 8.33. The Morgan fingerprint density at radius 1 is 1.22 bits per heavy atom. The minimum Gasteiger partial charge on any atom is -0.496 e. The van der Waals surface area contributed by atoms with E-state index in [1.165, 1.54) is 17.8 Å². The number of ether oxygens (including phenoxy) is 1. The van der Waals surface area contributed by atoms with E-state index < -0.39 is 11.7 Å². The molecule has 2 aromatic rings. The van der Waals surface area contributed by atoms with Crippen molar-refractivity contribution in [2.24, 2.45) is 0 Å². The van der Waals surface area contributed by atoms with Gasteiger partial charge in [0.05, 0.1) is 17.7 Å². The van der Waals surface area contributed by atoms with Gasteiger partial charge >= 0.3 is 6.18 Å². The Morgan fingerprint density at radius 3 is 2.59 bits per heavy atom.